The van der Waals surface area contributed by atoms with Gasteiger partial charge in [0.05, 0.1) is 0 Å². The molecule has 6 nitrogen and oxygen atoms in total. The first-order valence-corrected chi connectivity index (χ1v) is 21.2. The van der Waals surface area contributed by atoms with E-state index in [-0.39, 0.29) is 35.0 Å². The molecule has 0 radical (unpaired) electrons. The molecule has 8 heteroatoms. The smallest absolute Gasteiger partial charge is 0.165 e. The third-order valence-corrected chi connectivity index (χ3v) is 12.9. The number of hydrogen-bond donors (Lipinski definition) is 2. The van der Waals surface area contributed by atoms with Gasteiger partial charge in [0, 0.05) is 79.2 Å². The summed E-state index contributed by atoms with van der Waals surface area (Å²) < 4.78 is 2.32. The maximum absolute atomic E-state index is 13.5. The number of fused-ring (bicyclic) bond motifs is 2. The van der Waals surface area contributed by atoms with E-state index in [2.05, 4.69) is 57.8 Å². The molecule has 58 heavy (non-hydrogen) atoms. The number of allylic oxidation sites excluding steroid dienone is 8. The molecule has 0 spiro atoms. The van der Waals surface area contributed by atoms with Crippen LogP contribution >= 0.6 is 22.7 Å². The molecule has 0 aliphatic carbocycles. The highest BCUT2D eigenvalue weighted by molar-refractivity contribution is 7.17. The number of rotatable bonds is 10. The Labute approximate surface area is 347 Å². The Morgan fingerprint density at radius 2 is 0.914 bits per heavy atom. The lowest BCUT2D eigenvalue weighted by Gasteiger charge is -2.31. The van der Waals surface area contributed by atoms with Crippen LogP contribution in [0.15, 0.2) is 165 Å². The molecule has 2 unspecified atom stereocenters. The quantitative estimate of drug-likeness (QED) is 0.143. The Bertz CT molecular complexity index is 2710. The van der Waals surface area contributed by atoms with Crippen LogP contribution in [0.5, 0.6) is 0 Å². The van der Waals surface area contributed by atoms with E-state index in [1.54, 1.807) is 43.4 Å². The van der Waals surface area contributed by atoms with Crippen LogP contribution in [0.25, 0.3) is 20.2 Å². The van der Waals surface area contributed by atoms with E-state index in [1.165, 1.54) is 0 Å². The van der Waals surface area contributed by atoms with Crippen molar-refractivity contribution >= 4 is 66.0 Å². The van der Waals surface area contributed by atoms with Crippen LogP contribution in [0.1, 0.15) is 75.6 Å². The zero-order chi connectivity index (χ0) is 41.1. The summed E-state index contributed by atoms with van der Waals surface area (Å²) in [6.45, 7) is 10.5. The van der Waals surface area contributed by atoms with E-state index in [1.807, 2.05) is 93.6 Å². The maximum atomic E-state index is 13.5. The van der Waals surface area contributed by atoms with Crippen molar-refractivity contribution in [2.75, 3.05) is 0 Å². The summed E-state index contributed by atoms with van der Waals surface area (Å²) in [5.41, 5.74) is 10.3. The molecule has 2 aliphatic heterocycles. The summed E-state index contributed by atoms with van der Waals surface area (Å²) in [5, 5.41) is 13.1. The van der Waals surface area contributed by atoms with Crippen LogP contribution in [0.4, 0.5) is 0 Å². The van der Waals surface area contributed by atoms with Crippen molar-refractivity contribution in [2.45, 2.75) is 66.2 Å². The molecule has 4 heterocycles. The minimum Gasteiger partial charge on any atom is -0.362 e. The number of Topliss-reactive ketones (excluding diaryl/α,β-unsaturated/α-hetero) is 4. The van der Waals surface area contributed by atoms with Crippen molar-refractivity contribution in [3.05, 3.63) is 187 Å². The van der Waals surface area contributed by atoms with Gasteiger partial charge in [-0.3, -0.25) is 19.2 Å². The van der Waals surface area contributed by atoms with Crippen molar-refractivity contribution in [1.29, 1.82) is 0 Å². The van der Waals surface area contributed by atoms with E-state index in [0.717, 1.165) is 65.2 Å². The van der Waals surface area contributed by atoms with Crippen molar-refractivity contribution in [1.82, 2.24) is 10.6 Å². The summed E-state index contributed by atoms with van der Waals surface area (Å²) in [4.78, 5) is 51.7. The van der Waals surface area contributed by atoms with Gasteiger partial charge in [-0.1, -0.05) is 97.1 Å². The third-order valence-electron chi connectivity index (χ3n) is 10.9. The fraction of sp³-hybridized carbons (Fsp3) is 0.200. The van der Waals surface area contributed by atoms with E-state index in [9.17, 15) is 19.2 Å². The number of hydrogen-bond acceptors (Lipinski definition) is 8. The Morgan fingerprint density at radius 1 is 0.500 bits per heavy atom. The standard InChI is InChI=1S/2C25H23NO2S/c1-15-23(17(3)27)25(20-14-29-22-12-8-7-11-19(20)22)24(16(2)26-15)21(28)13-18-9-5-4-6-10-18;1-15-23(16(2)27)25(20-14-29-22-12-8-7-11-19(20)22)24(17(3)28)21(26-15)13-18-9-5-4-6-10-18/h2*4-12,14,25-26H,13H2,1-3H3. The zero-order valence-electron chi connectivity index (χ0n) is 33.6. The minimum atomic E-state index is -0.346. The zero-order valence-corrected chi connectivity index (χ0v) is 35.2. The summed E-state index contributed by atoms with van der Waals surface area (Å²) in [7, 11) is 0. The van der Waals surface area contributed by atoms with Crippen molar-refractivity contribution in [3.63, 3.8) is 0 Å². The molecule has 4 aromatic carbocycles. The minimum absolute atomic E-state index is 0.00466. The molecule has 2 aromatic heterocycles. The molecule has 2 aliphatic rings. The molecule has 8 rings (SSSR count). The van der Waals surface area contributed by atoms with Crippen LogP contribution in [-0.2, 0) is 32.0 Å². The topological polar surface area (TPSA) is 92.3 Å². The van der Waals surface area contributed by atoms with Gasteiger partial charge in [0.2, 0.25) is 0 Å². The molecule has 292 valence electrons. The van der Waals surface area contributed by atoms with Gasteiger partial charge in [-0.2, -0.15) is 0 Å². The van der Waals surface area contributed by atoms with Crippen LogP contribution in [-0.4, -0.2) is 23.1 Å². The summed E-state index contributed by atoms with van der Waals surface area (Å²) in [6.07, 6.45) is 0.939. The predicted molar refractivity (Wildman–Crippen MR) is 238 cm³/mol. The van der Waals surface area contributed by atoms with Gasteiger partial charge in [0.15, 0.2) is 23.1 Å². The second-order valence-corrected chi connectivity index (χ2v) is 16.7. The number of thiophene rings is 2. The van der Waals surface area contributed by atoms with Crippen molar-refractivity contribution in [3.8, 4) is 0 Å². The van der Waals surface area contributed by atoms with Gasteiger partial charge in [0.1, 0.15) is 0 Å². The SMILES string of the molecule is CC(=O)C1=C(C)NC(C)=C(C(=O)Cc2ccccc2)C1c1csc2ccccc12.CC(=O)C1=C(C)NC(Cc2ccccc2)=C(C(C)=O)C1c1csc2ccccc12. The fourth-order valence-corrected chi connectivity index (χ4v) is 10.5. The number of carbonyl (C=O) groups excluding carboxylic acids is 4. The van der Waals surface area contributed by atoms with E-state index >= 15 is 0 Å². The van der Waals surface area contributed by atoms with Gasteiger partial charge in [-0.05, 0) is 97.5 Å². The normalized spacial score (nSPS) is 16.9. The first-order valence-electron chi connectivity index (χ1n) is 19.4. The number of dihydropyridines is 2. The van der Waals surface area contributed by atoms with Crippen LogP contribution in [0.2, 0.25) is 0 Å². The monoisotopic (exact) mass is 802 g/mol. The number of nitrogens with one attached hydrogen (secondary N) is 2. The first-order chi connectivity index (χ1) is 27.9. The van der Waals surface area contributed by atoms with Gasteiger partial charge >= 0.3 is 0 Å². The Morgan fingerprint density at radius 3 is 1.41 bits per heavy atom. The summed E-state index contributed by atoms with van der Waals surface area (Å²) in [6, 6.07) is 36.2. The average Bonchev–Trinajstić information content (AvgIpc) is 3.83. The lowest BCUT2D eigenvalue weighted by atomic mass is 9.76. The molecule has 2 atom stereocenters. The molecule has 2 N–H and O–H groups in total. The van der Waals surface area contributed by atoms with Gasteiger partial charge < -0.3 is 10.6 Å². The first kappa shape index (κ1) is 40.2. The largest absolute Gasteiger partial charge is 0.362 e. The van der Waals surface area contributed by atoms with E-state index in [0.29, 0.717) is 35.1 Å². The average molecular weight is 803 g/mol. The summed E-state index contributed by atoms with van der Waals surface area (Å²) in [5.74, 6) is -0.662. The van der Waals surface area contributed by atoms with Crippen LogP contribution < -0.4 is 10.6 Å². The third kappa shape index (κ3) is 8.08. The van der Waals surface area contributed by atoms with E-state index in [4.69, 9.17) is 0 Å². The molecule has 0 bridgehead atoms. The lowest BCUT2D eigenvalue weighted by Crippen LogP contribution is -2.31. The molecular weight excluding hydrogens is 757 g/mol. The number of ketones is 4. The van der Waals surface area contributed by atoms with Crippen molar-refractivity contribution < 1.29 is 19.2 Å². The molecule has 0 saturated heterocycles. The molecule has 0 fully saturated rings. The highest BCUT2D eigenvalue weighted by atomic mass is 32.1. The van der Waals surface area contributed by atoms with Gasteiger partial charge in [0.25, 0.3) is 0 Å². The van der Waals surface area contributed by atoms with Crippen LogP contribution in [0, 0.1) is 0 Å². The Balaban J connectivity index is 0.000000177. The molecule has 6 aromatic rings. The summed E-state index contributed by atoms with van der Waals surface area (Å²) >= 11 is 3.31. The lowest BCUT2D eigenvalue weighted by molar-refractivity contribution is -0.116. The van der Waals surface area contributed by atoms with Crippen LogP contribution in [0.3, 0.4) is 0 Å². The van der Waals surface area contributed by atoms with Gasteiger partial charge in [-0.15, -0.1) is 22.7 Å². The molecule has 0 amide bonds. The molecular formula is C50H46N2O4S2. The Kier molecular flexibility index (Phi) is 12.0. The van der Waals surface area contributed by atoms with E-state index < -0.39 is 0 Å². The number of benzene rings is 4. The van der Waals surface area contributed by atoms with Gasteiger partial charge in [-0.25, -0.2) is 0 Å². The Hall–Kier alpha value is -5.96. The highest BCUT2D eigenvalue weighted by Crippen LogP contribution is 2.45. The highest BCUT2D eigenvalue weighted by Gasteiger charge is 2.37. The second kappa shape index (κ2) is 17.3. The molecule has 0 saturated carbocycles. The fourth-order valence-electron chi connectivity index (χ4n) is 8.49. The second-order valence-electron chi connectivity index (χ2n) is 14.9. The number of carbonyl (C=O) groups is 4. The van der Waals surface area contributed by atoms with Crippen molar-refractivity contribution in [2.24, 2.45) is 0 Å². The predicted octanol–water partition coefficient (Wildman–Crippen LogP) is 11.1. The maximum Gasteiger partial charge on any atom is 0.165 e.